The van der Waals surface area contributed by atoms with Crippen LogP contribution in [0.1, 0.15) is 5.56 Å². The zero-order chi connectivity index (χ0) is 8.55. The molecule has 0 aliphatic rings. The molecule has 0 saturated heterocycles. The van der Waals surface area contributed by atoms with E-state index in [1.807, 2.05) is 31.2 Å². The quantitative estimate of drug-likeness (QED) is 0.619. The summed E-state index contributed by atoms with van der Waals surface area (Å²) in [4.78, 5) is 11.3. The number of hydrogen-bond donors (Lipinski definition) is 0. The Bertz CT molecular complexity index is 470. The second-order valence-electron chi connectivity index (χ2n) is 2.75. The first-order valence-electron chi connectivity index (χ1n) is 3.77. The van der Waals surface area contributed by atoms with Gasteiger partial charge in [0.05, 0.1) is 0 Å². The van der Waals surface area contributed by atoms with Crippen molar-refractivity contribution in [2.75, 3.05) is 0 Å². The fraction of sp³-hybridized carbons (Fsp3) is 0.100. The number of rotatable bonds is 0. The zero-order valence-corrected chi connectivity index (χ0v) is 8.42. The van der Waals surface area contributed by atoms with Gasteiger partial charge >= 0.3 is 76.1 Å². The summed E-state index contributed by atoms with van der Waals surface area (Å²) >= 11 is 0.00935. The van der Waals surface area contributed by atoms with Gasteiger partial charge in [-0.1, -0.05) is 0 Å². The molecule has 60 valence electrons. The molecule has 0 amide bonds. The van der Waals surface area contributed by atoms with Gasteiger partial charge in [-0.05, 0) is 0 Å². The molecule has 2 aromatic rings. The number of fused-ring (bicyclic) bond motifs is 1. The third-order valence-electron chi connectivity index (χ3n) is 1.82. The van der Waals surface area contributed by atoms with Crippen LogP contribution in [0.2, 0.25) is 0 Å². The molecule has 0 saturated carbocycles. The summed E-state index contributed by atoms with van der Waals surface area (Å²) in [5, 5.41) is 1.22. The maximum atomic E-state index is 11.3. The fourth-order valence-corrected chi connectivity index (χ4v) is 2.87. The molecule has 1 nitrogen and oxygen atoms in total. The molecule has 1 aromatic carbocycles. The molecule has 1 aromatic heterocycles. The van der Waals surface area contributed by atoms with Crippen LogP contribution >= 0.6 is 0 Å². The maximum absolute atomic E-state index is 11.3. The third-order valence-corrected chi connectivity index (χ3v) is 4.12. The van der Waals surface area contributed by atoms with E-state index in [9.17, 15) is 4.79 Å². The molecule has 0 aliphatic carbocycles. The van der Waals surface area contributed by atoms with Gasteiger partial charge in [-0.2, -0.15) is 0 Å². The molecule has 2 rings (SSSR count). The minimum atomic E-state index is 0.00935. The van der Waals surface area contributed by atoms with Gasteiger partial charge in [0.2, 0.25) is 0 Å². The van der Waals surface area contributed by atoms with Crippen LogP contribution in [-0.2, 0) is 0 Å². The summed E-state index contributed by atoms with van der Waals surface area (Å²) in [6.45, 7) is 1.89. The summed E-state index contributed by atoms with van der Waals surface area (Å²) in [6.07, 6.45) is 0. The Morgan fingerprint density at radius 1 is 1.25 bits per heavy atom. The molecule has 12 heavy (non-hydrogen) atoms. The van der Waals surface area contributed by atoms with Crippen LogP contribution < -0.4 is 4.30 Å². The first kappa shape index (κ1) is 7.78. The summed E-state index contributed by atoms with van der Waals surface area (Å²) in [5.41, 5.74) is 0.897. The topological polar surface area (TPSA) is 17.1 Å². The van der Waals surface area contributed by atoms with Gasteiger partial charge in [0.1, 0.15) is 0 Å². The third kappa shape index (κ3) is 1.24. The van der Waals surface area contributed by atoms with Gasteiger partial charge in [0, 0.05) is 0 Å². The van der Waals surface area contributed by atoms with Gasteiger partial charge in [0.15, 0.2) is 0 Å². The molecule has 0 atom stereocenters. The normalized spacial score (nSPS) is 10.4. The molecule has 0 radical (unpaired) electrons. The van der Waals surface area contributed by atoms with Crippen LogP contribution in [0.25, 0.3) is 9.65 Å². The van der Waals surface area contributed by atoms with Crippen molar-refractivity contribution in [2.24, 2.45) is 0 Å². The first-order valence-corrected chi connectivity index (χ1v) is 5.48. The molecule has 0 spiro atoms. The van der Waals surface area contributed by atoms with Crippen molar-refractivity contribution in [3.8, 4) is 0 Å². The van der Waals surface area contributed by atoms with E-state index in [1.54, 1.807) is 0 Å². The van der Waals surface area contributed by atoms with E-state index in [4.69, 9.17) is 0 Å². The number of benzene rings is 1. The van der Waals surface area contributed by atoms with Crippen molar-refractivity contribution in [1.82, 2.24) is 0 Å². The average molecular weight is 223 g/mol. The second kappa shape index (κ2) is 2.89. The van der Waals surface area contributed by atoms with Crippen LogP contribution in [0, 0.1) is 6.92 Å². The summed E-state index contributed by atoms with van der Waals surface area (Å²) < 4.78 is 1.52. The Morgan fingerprint density at radius 2 is 2.00 bits per heavy atom. The SMILES string of the molecule is Cc1cc2ccccc2[se]c1=O. The van der Waals surface area contributed by atoms with Gasteiger partial charge < -0.3 is 0 Å². The molecule has 0 bridgehead atoms. The van der Waals surface area contributed by atoms with Gasteiger partial charge in [-0.3, -0.25) is 0 Å². The Kier molecular flexibility index (Phi) is 1.87. The Balaban J connectivity index is 2.93. The van der Waals surface area contributed by atoms with Gasteiger partial charge in [-0.15, -0.1) is 0 Å². The van der Waals surface area contributed by atoms with E-state index >= 15 is 0 Å². The van der Waals surface area contributed by atoms with Crippen LogP contribution in [0.4, 0.5) is 0 Å². The molecule has 0 N–H and O–H groups in total. The Labute approximate surface area is 76.4 Å². The standard InChI is InChI=1S/C10H8OSe/c1-7-6-8-4-2-3-5-9(8)12-10(7)11/h2-6H,1H3. The molecular weight excluding hydrogens is 215 g/mol. The Hall–Kier alpha value is -0.851. The molecule has 2 heteroatoms. The van der Waals surface area contributed by atoms with Crippen LogP contribution in [0.5, 0.6) is 0 Å². The van der Waals surface area contributed by atoms with E-state index in [0.717, 1.165) is 5.56 Å². The van der Waals surface area contributed by atoms with Gasteiger partial charge in [-0.25, -0.2) is 0 Å². The van der Waals surface area contributed by atoms with E-state index in [1.165, 1.54) is 9.65 Å². The number of aryl methyl sites for hydroxylation is 1. The van der Waals surface area contributed by atoms with Crippen molar-refractivity contribution < 1.29 is 0 Å². The zero-order valence-electron chi connectivity index (χ0n) is 6.70. The summed E-state index contributed by atoms with van der Waals surface area (Å²) in [5.74, 6) is 0. The van der Waals surface area contributed by atoms with Gasteiger partial charge in [0.25, 0.3) is 0 Å². The van der Waals surface area contributed by atoms with Crippen molar-refractivity contribution in [3.63, 3.8) is 0 Å². The molecule has 0 unspecified atom stereocenters. The predicted octanol–water partition coefficient (Wildman–Crippen LogP) is 1.57. The fourth-order valence-electron chi connectivity index (χ4n) is 1.17. The van der Waals surface area contributed by atoms with Crippen molar-refractivity contribution in [2.45, 2.75) is 6.92 Å². The van der Waals surface area contributed by atoms with E-state index in [2.05, 4.69) is 6.07 Å². The van der Waals surface area contributed by atoms with Crippen molar-refractivity contribution in [1.29, 1.82) is 0 Å². The number of hydrogen-bond acceptors (Lipinski definition) is 1. The summed E-state index contributed by atoms with van der Waals surface area (Å²) in [6, 6.07) is 10.1. The average Bonchev–Trinajstić information content (AvgIpc) is 2.07. The molecule has 0 fully saturated rings. The summed E-state index contributed by atoms with van der Waals surface area (Å²) in [7, 11) is 0. The molecular formula is C10H8OSe. The van der Waals surface area contributed by atoms with E-state index in [-0.39, 0.29) is 14.5 Å². The van der Waals surface area contributed by atoms with Crippen LogP contribution in [-0.4, -0.2) is 14.5 Å². The van der Waals surface area contributed by atoms with E-state index in [0.29, 0.717) is 4.30 Å². The first-order chi connectivity index (χ1) is 5.77. The van der Waals surface area contributed by atoms with Crippen LogP contribution in [0.15, 0.2) is 35.1 Å². The van der Waals surface area contributed by atoms with E-state index < -0.39 is 0 Å². The molecule has 1 heterocycles. The second-order valence-corrected chi connectivity index (χ2v) is 4.88. The predicted molar refractivity (Wildman–Crippen MR) is 51.9 cm³/mol. The van der Waals surface area contributed by atoms with Crippen molar-refractivity contribution in [3.05, 3.63) is 45.0 Å². The molecule has 0 aliphatic heterocycles. The monoisotopic (exact) mass is 224 g/mol. The Morgan fingerprint density at radius 3 is 2.83 bits per heavy atom. The minimum absolute atomic E-state index is 0.00935. The van der Waals surface area contributed by atoms with Crippen molar-refractivity contribution >= 4 is 24.1 Å². The van der Waals surface area contributed by atoms with Crippen LogP contribution in [0.3, 0.4) is 0 Å².